The molecule has 0 atom stereocenters. The van der Waals surface area contributed by atoms with Crippen LogP contribution in [0.1, 0.15) is 33.4 Å². The number of aromatic hydroxyl groups is 2. The second-order valence-corrected chi connectivity index (χ2v) is 11.7. The number of ether oxygens (including phenoxy) is 2. The van der Waals surface area contributed by atoms with Crippen molar-refractivity contribution < 1.29 is 19.7 Å². The highest BCUT2D eigenvalue weighted by atomic mass is 16.5. The van der Waals surface area contributed by atoms with E-state index in [0.29, 0.717) is 50.5 Å². The number of phenolic OH excluding ortho intramolecular Hbond substituents is 2. The van der Waals surface area contributed by atoms with Crippen LogP contribution in [0.5, 0.6) is 34.5 Å². The minimum Gasteiger partial charge on any atom is -0.506 e. The van der Waals surface area contributed by atoms with E-state index in [2.05, 4.69) is 35.5 Å². The van der Waals surface area contributed by atoms with E-state index >= 15 is 0 Å². The number of nitrogens with two attached hydrogens (primary N) is 2. The molecule has 6 N–H and O–H groups in total. The molecule has 248 valence electrons. The molecule has 0 spiro atoms. The topological polar surface area (TPSA) is 111 Å². The van der Waals surface area contributed by atoms with Gasteiger partial charge >= 0.3 is 0 Å². The number of hydrogen-bond acceptors (Lipinski definition) is 6. The van der Waals surface area contributed by atoms with Gasteiger partial charge in [-0.1, -0.05) is 90.1 Å². The van der Waals surface area contributed by atoms with Crippen LogP contribution in [-0.4, -0.2) is 10.2 Å². The molecule has 6 heteroatoms. The Labute approximate surface area is 301 Å². The van der Waals surface area contributed by atoms with Gasteiger partial charge in [0.2, 0.25) is 0 Å². The Hall–Kier alpha value is -7.72. The number of rotatable bonds is 4. The van der Waals surface area contributed by atoms with Crippen LogP contribution < -0.4 is 20.9 Å². The van der Waals surface area contributed by atoms with Crippen LogP contribution in [0.25, 0.3) is 10.8 Å². The lowest BCUT2D eigenvalue weighted by Gasteiger charge is -2.18. The molecule has 0 saturated heterocycles. The van der Waals surface area contributed by atoms with Gasteiger partial charge in [0.1, 0.15) is 23.0 Å². The summed E-state index contributed by atoms with van der Waals surface area (Å²) in [6.45, 7) is 0. The molecule has 7 aromatic rings. The van der Waals surface area contributed by atoms with Crippen molar-refractivity contribution in [2.45, 2.75) is 0 Å². The lowest BCUT2D eigenvalue weighted by molar-refractivity contribution is 0.466. The molecule has 0 heterocycles. The normalized spacial score (nSPS) is 10.2. The molecule has 0 fully saturated rings. The average Bonchev–Trinajstić information content (AvgIpc) is 3.17. The molecule has 6 nitrogen and oxygen atoms in total. The third-order valence-electron chi connectivity index (χ3n) is 8.00. The summed E-state index contributed by atoms with van der Waals surface area (Å²) in [6.07, 6.45) is 0. The monoisotopic (exact) mass is 674 g/mol. The summed E-state index contributed by atoms with van der Waals surface area (Å²) < 4.78 is 13.2. The Morgan fingerprint density at radius 3 is 1.37 bits per heavy atom. The number of nitrogen functional groups attached to an aromatic ring is 2. The zero-order chi connectivity index (χ0) is 35.9. The van der Waals surface area contributed by atoms with Gasteiger partial charge in [-0.05, 0) is 78.9 Å². The molecule has 0 aromatic heterocycles. The second-order valence-electron chi connectivity index (χ2n) is 11.7. The minimum atomic E-state index is -0.0609. The Kier molecular flexibility index (Phi) is 9.34. The van der Waals surface area contributed by atoms with Crippen molar-refractivity contribution in [1.82, 2.24) is 0 Å². The average molecular weight is 675 g/mol. The molecule has 0 radical (unpaired) electrons. The van der Waals surface area contributed by atoms with Crippen molar-refractivity contribution in [2.75, 3.05) is 11.5 Å². The quantitative estimate of drug-likeness (QED) is 0.0842. The van der Waals surface area contributed by atoms with E-state index in [9.17, 15) is 10.2 Å². The fourth-order valence-corrected chi connectivity index (χ4v) is 5.36. The minimum absolute atomic E-state index is 0.0571. The third kappa shape index (κ3) is 7.46. The summed E-state index contributed by atoms with van der Waals surface area (Å²) in [5, 5.41) is 21.6. The van der Waals surface area contributed by atoms with Gasteiger partial charge in [-0.15, -0.1) is 0 Å². The van der Waals surface area contributed by atoms with Gasteiger partial charge in [0.25, 0.3) is 0 Å². The molecule has 0 aliphatic rings. The molecule has 7 rings (SSSR count). The van der Waals surface area contributed by atoms with Gasteiger partial charge in [0.05, 0.1) is 22.5 Å². The van der Waals surface area contributed by atoms with E-state index in [0.717, 1.165) is 16.7 Å². The summed E-state index contributed by atoms with van der Waals surface area (Å²) in [5.74, 6) is 21.2. The number of phenols is 2. The van der Waals surface area contributed by atoms with Crippen molar-refractivity contribution in [1.29, 1.82) is 0 Å². The van der Waals surface area contributed by atoms with E-state index in [-0.39, 0.29) is 22.9 Å². The van der Waals surface area contributed by atoms with Gasteiger partial charge < -0.3 is 31.2 Å². The molecule has 0 aliphatic carbocycles. The number of hydrogen-bond donors (Lipinski definition) is 4. The van der Waals surface area contributed by atoms with Crippen LogP contribution in [0.3, 0.4) is 0 Å². The largest absolute Gasteiger partial charge is 0.506 e. The molecular weight excluding hydrogens is 645 g/mol. The summed E-state index contributed by atoms with van der Waals surface area (Å²) in [7, 11) is 0. The van der Waals surface area contributed by atoms with Crippen LogP contribution in [0.4, 0.5) is 11.4 Å². The van der Waals surface area contributed by atoms with Crippen molar-refractivity contribution in [3.8, 4) is 70.0 Å². The van der Waals surface area contributed by atoms with E-state index in [1.54, 1.807) is 24.3 Å². The van der Waals surface area contributed by atoms with Crippen LogP contribution in [0.15, 0.2) is 146 Å². The molecule has 0 amide bonds. The zero-order valence-corrected chi connectivity index (χ0v) is 27.7. The first-order valence-corrected chi connectivity index (χ1v) is 16.3. The number of benzene rings is 7. The maximum atomic E-state index is 10.2. The fourth-order valence-electron chi connectivity index (χ4n) is 5.36. The Morgan fingerprint density at radius 2 is 0.865 bits per heavy atom. The number of anilines is 2. The van der Waals surface area contributed by atoms with Crippen molar-refractivity contribution in [3.05, 3.63) is 179 Å². The summed E-state index contributed by atoms with van der Waals surface area (Å²) >= 11 is 0. The Balaban J connectivity index is 1.54. The van der Waals surface area contributed by atoms with Crippen molar-refractivity contribution in [2.24, 2.45) is 0 Å². The van der Waals surface area contributed by atoms with E-state index in [1.807, 2.05) is 109 Å². The molecule has 0 bridgehead atoms. The van der Waals surface area contributed by atoms with Crippen LogP contribution >= 0.6 is 0 Å². The first kappa shape index (κ1) is 32.8. The smallest absolute Gasteiger partial charge is 0.152 e. The SMILES string of the molecule is Nc1cc(Oc2c(C#Cc3ccccc3)ccc3c(Oc4ccc(O)c(N)c4)c(C#Cc4ccccc4)c(C#Cc4ccccc4)cc23)ccc1O. The molecule has 0 saturated carbocycles. The van der Waals surface area contributed by atoms with Crippen molar-refractivity contribution >= 4 is 22.1 Å². The molecular formula is C46H30N2O4. The molecule has 0 aliphatic heterocycles. The zero-order valence-electron chi connectivity index (χ0n) is 27.7. The van der Waals surface area contributed by atoms with E-state index in [4.69, 9.17) is 20.9 Å². The third-order valence-corrected chi connectivity index (χ3v) is 8.00. The first-order chi connectivity index (χ1) is 25.4. The predicted octanol–water partition coefficient (Wildman–Crippen LogP) is 9.20. The lowest BCUT2D eigenvalue weighted by atomic mass is 9.96. The van der Waals surface area contributed by atoms with Gasteiger partial charge in [-0.2, -0.15) is 0 Å². The summed E-state index contributed by atoms with van der Waals surface area (Å²) in [5.41, 5.74) is 16.6. The lowest BCUT2D eigenvalue weighted by Crippen LogP contribution is -1.98. The number of fused-ring (bicyclic) bond motifs is 1. The van der Waals surface area contributed by atoms with Gasteiger partial charge in [0.15, 0.2) is 11.5 Å². The van der Waals surface area contributed by atoms with Gasteiger partial charge in [-0.25, -0.2) is 0 Å². The van der Waals surface area contributed by atoms with E-state index < -0.39 is 0 Å². The van der Waals surface area contributed by atoms with E-state index in [1.165, 1.54) is 12.1 Å². The molecule has 52 heavy (non-hydrogen) atoms. The van der Waals surface area contributed by atoms with Gasteiger partial charge in [-0.3, -0.25) is 0 Å². The predicted molar refractivity (Wildman–Crippen MR) is 206 cm³/mol. The highest BCUT2D eigenvalue weighted by Gasteiger charge is 2.20. The second kappa shape index (κ2) is 14.8. The van der Waals surface area contributed by atoms with Crippen LogP contribution in [-0.2, 0) is 0 Å². The highest BCUT2D eigenvalue weighted by Crippen LogP contribution is 2.43. The Morgan fingerprint density at radius 1 is 0.404 bits per heavy atom. The van der Waals surface area contributed by atoms with Gasteiger partial charge in [0, 0.05) is 45.2 Å². The fraction of sp³-hybridized carbons (Fsp3) is 0. The van der Waals surface area contributed by atoms with Crippen LogP contribution in [0, 0.1) is 35.5 Å². The molecule has 0 unspecified atom stereocenters. The molecule has 7 aromatic carbocycles. The maximum absolute atomic E-state index is 10.2. The van der Waals surface area contributed by atoms with Crippen LogP contribution in [0.2, 0.25) is 0 Å². The summed E-state index contributed by atoms with van der Waals surface area (Å²) in [4.78, 5) is 0. The maximum Gasteiger partial charge on any atom is 0.152 e. The highest BCUT2D eigenvalue weighted by molar-refractivity contribution is 5.99. The first-order valence-electron chi connectivity index (χ1n) is 16.3. The van der Waals surface area contributed by atoms with Crippen molar-refractivity contribution in [3.63, 3.8) is 0 Å². The Bertz CT molecular complexity index is 2620. The summed E-state index contributed by atoms with van der Waals surface area (Å²) in [6, 6.07) is 43.9. The standard InChI is InChI=1S/C46H30N2O4/c47-41-29-36(22-26-43(41)49)51-45-34(19-16-31-10-4-1-5-11-31)21-25-39-40(45)28-35(20-17-32-12-6-2-7-13-32)38(24-18-33-14-8-3-9-15-33)46(39)52-37-23-27-44(50)42(48)30-37/h1-15,21-23,25-30,49-50H,47-48H2.